The summed E-state index contributed by atoms with van der Waals surface area (Å²) >= 11 is 1.63. The summed E-state index contributed by atoms with van der Waals surface area (Å²) in [6, 6.07) is 0. The van der Waals surface area contributed by atoms with Gasteiger partial charge in [0.1, 0.15) is 0 Å². The van der Waals surface area contributed by atoms with Gasteiger partial charge in [-0.15, -0.1) is 11.3 Å². The summed E-state index contributed by atoms with van der Waals surface area (Å²) < 4.78 is 0. The van der Waals surface area contributed by atoms with Crippen molar-refractivity contribution < 1.29 is 5.11 Å². The van der Waals surface area contributed by atoms with Crippen molar-refractivity contribution in [3.63, 3.8) is 0 Å². The molecule has 0 aliphatic carbocycles. The maximum absolute atomic E-state index is 8.72. The molecular weight excluding hydrogens is 158 g/mol. The Morgan fingerprint density at radius 2 is 2.55 bits per heavy atom. The first-order chi connectivity index (χ1) is 5.22. The molecule has 1 aromatic heterocycles. The molecule has 60 valence electrons. The smallest absolute Gasteiger partial charge is 0.0900 e. The van der Waals surface area contributed by atoms with Crippen molar-refractivity contribution in [3.05, 3.63) is 21.7 Å². The molecule has 2 nitrogen and oxygen atoms in total. The number of aliphatic hydroxyl groups excluding tert-OH is 1. The van der Waals surface area contributed by atoms with Crippen molar-refractivity contribution >= 4 is 17.4 Å². The van der Waals surface area contributed by atoms with Gasteiger partial charge in [0, 0.05) is 11.1 Å². The number of nitrogens with zero attached hydrogens (tertiary/aromatic N) is 1. The summed E-state index contributed by atoms with van der Waals surface area (Å²) in [5, 5.41) is 9.78. The topological polar surface area (TPSA) is 33.1 Å². The highest BCUT2D eigenvalue weighted by Crippen LogP contribution is 2.14. The Balaban J connectivity index is 2.78. The molecule has 0 radical (unpaired) electrons. The van der Waals surface area contributed by atoms with E-state index in [2.05, 4.69) is 4.98 Å². The van der Waals surface area contributed by atoms with E-state index >= 15 is 0 Å². The van der Waals surface area contributed by atoms with Crippen LogP contribution in [-0.2, 0) is 0 Å². The van der Waals surface area contributed by atoms with E-state index in [4.69, 9.17) is 5.11 Å². The second kappa shape index (κ2) is 3.64. The van der Waals surface area contributed by atoms with E-state index in [1.807, 2.05) is 26.1 Å². The lowest BCUT2D eigenvalue weighted by Crippen LogP contribution is -1.81. The van der Waals surface area contributed by atoms with Gasteiger partial charge in [0.05, 0.1) is 11.6 Å². The zero-order valence-electron chi connectivity index (χ0n) is 6.66. The van der Waals surface area contributed by atoms with Crippen molar-refractivity contribution in [3.8, 4) is 0 Å². The normalized spacial score (nSPS) is 12.1. The fraction of sp³-hybridized carbons (Fsp3) is 0.375. The van der Waals surface area contributed by atoms with E-state index in [1.165, 1.54) is 0 Å². The summed E-state index contributed by atoms with van der Waals surface area (Å²) in [5.41, 5.74) is 0.966. The van der Waals surface area contributed by atoms with E-state index in [0.29, 0.717) is 0 Å². The molecule has 3 heteroatoms. The Morgan fingerprint density at radius 1 is 1.82 bits per heavy atom. The number of hydrogen-bond acceptors (Lipinski definition) is 3. The van der Waals surface area contributed by atoms with Crippen LogP contribution < -0.4 is 0 Å². The summed E-state index contributed by atoms with van der Waals surface area (Å²) in [7, 11) is 0. The Labute approximate surface area is 70.2 Å². The lowest BCUT2D eigenvalue weighted by atomic mass is 10.3. The van der Waals surface area contributed by atoms with E-state index in [9.17, 15) is 0 Å². The van der Waals surface area contributed by atoms with Crippen LogP contribution in [0.2, 0.25) is 0 Å². The molecule has 11 heavy (non-hydrogen) atoms. The van der Waals surface area contributed by atoms with Crippen molar-refractivity contribution in [1.82, 2.24) is 4.98 Å². The molecule has 0 fully saturated rings. The summed E-state index contributed by atoms with van der Waals surface area (Å²) in [6.45, 7) is 3.99. The second-order valence-electron chi connectivity index (χ2n) is 2.43. The molecule has 0 spiro atoms. The molecule has 1 aromatic rings. The molecule has 0 atom stereocenters. The number of rotatable bonds is 2. The predicted octanol–water partition coefficient (Wildman–Crippen LogP) is 1.85. The zero-order valence-corrected chi connectivity index (χ0v) is 7.48. The lowest BCUT2D eigenvalue weighted by Gasteiger charge is -1.89. The van der Waals surface area contributed by atoms with Gasteiger partial charge in [-0.25, -0.2) is 4.98 Å². The summed E-state index contributed by atoms with van der Waals surface area (Å²) in [5.74, 6) is 0. The van der Waals surface area contributed by atoms with Gasteiger partial charge in [-0.3, -0.25) is 0 Å². The third-order valence-corrected chi connectivity index (χ3v) is 2.14. The number of aromatic nitrogens is 1. The largest absolute Gasteiger partial charge is 0.392 e. The minimum absolute atomic E-state index is 0.122. The van der Waals surface area contributed by atoms with Crippen molar-refractivity contribution in [2.75, 3.05) is 6.61 Å². The highest BCUT2D eigenvalue weighted by molar-refractivity contribution is 7.12. The van der Waals surface area contributed by atoms with Crippen molar-refractivity contribution in [2.45, 2.75) is 13.8 Å². The predicted molar refractivity (Wildman–Crippen MR) is 47.6 cm³/mol. The molecule has 1 rings (SSSR count). The molecule has 1 N–H and O–H groups in total. The van der Waals surface area contributed by atoms with E-state index < -0.39 is 0 Å². The van der Waals surface area contributed by atoms with Crippen LogP contribution in [0.3, 0.4) is 0 Å². The first-order valence-corrected chi connectivity index (χ1v) is 4.24. The van der Waals surface area contributed by atoms with Crippen LogP contribution in [-0.4, -0.2) is 16.7 Å². The van der Waals surface area contributed by atoms with E-state index in [-0.39, 0.29) is 6.61 Å². The minimum atomic E-state index is 0.122. The molecule has 0 saturated heterocycles. The molecular formula is C8H11NOS. The lowest BCUT2D eigenvalue weighted by molar-refractivity contribution is 0.332. The number of aryl methyl sites for hydroxylation is 1. The average molecular weight is 169 g/mol. The number of hydrogen-bond donors (Lipinski definition) is 1. The monoisotopic (exact) mass is 169 g/mol. The first kappa shape index (κ1) is 8.43. The van der Waals surface area contributed by atoms with Crippen molar-refractivity contribution in [1.29, 1.82) is 0 Å². The maximum Gasteiger partial charge on any atom is 0.0900 e. The molecule has 0 bridgehead atoms. The highest BCUT2D eigenvalue weighted by atomic mass is 32.1. The maximum atomic E-state index is 8.72. The SMILES string of the molecule is CC(=Cc1cnc(C)s1)CO. The first-order valence-electron chi connectivity index (χ1n) is 3.43. The van der Waals surface area contributed by atoms with Gasteiger partial charge in [-0.1, -0.05) is 0 Å². The fourth-order valence-corrected chi connectivity index (χ4v) is 1.55. The van der Waals surface area contributed by atoms with Gasteiger partial charge >= 0.3 is 0 Å². The minimum Gasteiger partial charge on any atom is -0.392 e. The molecule has 0 aliphatic rings. The van der Waals surface area contributed by atoms with Crippen molar-refractivity contribution in [2.24, 2.45) is 0 Å². The molecule has 1 heterocycles. The van der Waals surface area contributed by atoms with Crippen LogP contribution in [0.1, 0.15) is 16.8 Å². The van der Waals surface area contributed by atoms with E-state index in [0.717, 1.165) is 15.5 Å². The molecule has 0 unspecified atom stereocenters. The van der Waals surface area contributed by atoms with Gasteiger partial charge < -0.3 is 5.11 Å². The van der Waals surface area contributed by atoms with Gasteiger partial charge in [-0.2, -0.15) is 0 Å². The van der Waals surface area contributed by atoms with Crippen LogP contribution in [0, 0.1) is 6.92 Å². The Kier molecular flexibility index (Phi) is 2.79. The van der Waals surface area contributed by atoms with Gasteiger partial charge in [0.2, 0.25) is 0 Å². The Bertz CT molecular complexity index is 265. The molecule has 0 amide bonds. The standard InChI is InChI=1S/C8H11NOS/c1-6(5-10)3-8-4-9-7(2)11-8/h3-4,10H,5H2,1-2H3. The van der Waals surface area contributed by atoms with Crippen LogP contribution in [0.25, 0.3) is 6.08 Å². The summed E-state index contributed by atoms with van der Waals surface area (Å²) in [6.07, 6.45) is 3.77. The quantitative estimate of drug-likeness (QED) is 0.733. The van der Waals surface area contributed by atoms with Gasteiger partial charge in [-0.05, 0) is 25.5 Å². The Hall–Kier alpha value is -0.670. The Morgan fingerprint density at radius 3 is 3.00 bits per heavy atom. The third kappa shape index (κ3) is 2.44. The number of aliphatic hydroxyl groups is 1. The fourth-order valence-electron chi connectivity index (χ4n) is 0.733. The van der Waals surface area contributed by atoms with Crippen LogP contribution in [0.15, 0.2) is 11.8 Å². The number of thiazole rings is 1. The average Bonchev–Trinajstić information content (AvgIpc) is 2.35. The van der Waals surface area contributed by atoms with E-state index in [1.54, 1.807) is 11.3 Å². The van der Waals surface area contributed by atoms with Crippen LogP contribution in [0.4, 0.5) is 0 Å². The van der Waals surface area contributed by atoms with Crippen LogP contribution >= 0.6 is 11.3 Å². The molecule has 0 saturated carbocycles. The third-order valence-electron chi connectivity index (χ3n) is 1.28. The molecule has 0 aliphatic heterocycles. The highest BCUT2D eigenvalue weighted by Gasteiger charge is 1.93. The molecule has 0 aromatic carbocycles. The van der Waals surface area contributed by atoms with Gasteiger partial charge in [0.15, 0.2) is 0 Å². The zero-order chi connectivity index (χ0) is 8.27. The second-order valence-corrected chi connectivity index (χ2v) is 3.70. The van der Waals surface area contributed by atoms with Crippen LogP contribution in [0.5, 0.6) is 0 Å². The summed E-state index contributed by atoms with van der Waals surface area (Å²) in [4.78, 5) is 5.20. The van der Waals surface area contributed by atoms with Gasteiger partial charge in [0.25, 0.3) is 0 Å².